The van der Waals surface area contributed by atoms with E-state index in [0.29, 0.717) is 5.69 Å². The molecule has 0 spiro atoms. The molecule has 8 nitrogen and oxygen atoms in total. The third-order valence-corrected chi connectivity index (χ3v) is 3.71. The monoisotopic (exact) mass is 351 g/mol. The van der Waals surface area contributed by atoms with Crippen molar-refractivity contribution in [1.29, 1.82) is 0 Å². The van der Waals surface area contributed by atoms with E-state index in [2.05, 4.69) is 25.8 Å². The Bertz CT molecular complexity index is 881. The summed E-state index contributed by atoms with van der Waals surface area (Å²) in [6, 6.07) is 11.8. The van der Waals surface area contributed by atoms with E-state index in [-0.39, 0.29) is 6.42 Å². The lowest BCUT2D eigenvalue weighted by Gasteiger charge is -2.17. The standard InChI is InChI=1S/C18H17N5O3/c24-17(16(22-18(25)26)8-12-4-2-1-3-5-12)21-14-9-13(10-19-11-14)15-6-7-20-23-15/h1-7,9-11,16,22H,8H2,(H,20,23)(H,21,24)(H,25,26)/t16-/m0/s1. The normalized spacial score (nSPS) is 11.5. The zero-order chi connectivity index (χ0) is 18.4. The van der Waals surface area contributed by atoms with E-state index in [1.807, 2.05) is 30.3 Å². The number of rotatable bonds is 6. The largest absolute Gasteiger partial charge is 0.465 e. The average molecular weight is 351 g/mol. The lowest BCUT2D eigenvalue weighted by atomic mass is 10.1. The van der Waals surface area contributed by atoms with Gasteiger partial charge in [0.15, 0.2) is 0 Å². The Kier molecular flexibility index (Phi) is 5.23. The Morgan fingerprint density at radius 1 is 1.15 bits per heavy atom. The molecule has 2 heterocycles. The average Bonchev–Trinajstić information content (AvgIpc) is 3.17. The molecule has 132 valence electrons. The molecule has 0 fully saturated rings. The van der Waals surface area contributed by atoms with Gasteiger partial charge >= 0.3 is 6.09 Å². The fourth-order valence-electron chi connectivity index (χ4n) is 2.51. The van der Waals surface area contributed by atoms with E-state index in [1.54, 1.807) is 24.5 Å². The van der Waals surface area contributed by atoms with Crippen molar-refractivity contribution in [3.8, 4) is 11.3 Å². The number of benzene rings is 1. The minimum Gasteiger partial charge on any atom is -0.465 e. The highest BCUT2D eigenvalue weighted by molar-refractivity contribution is 5.96. The summed E-state index contributed by atoms with van der Waals surface area (Å²) >= 11 is 0. The third-order valence-electron chi connectivity index (χ3n) is 3.71. The van der Waals surface area contributed by atoms with Gasteiger partial charge < -0.3 is 15.7 Å². The Labute approximate surface area is 149 Å². The first kappa shape index (κ1) is 17.2. The van der Waals surface area contributed by atoms with Gasteiger partial charge in [0.25, 0.3) is 0 Å². The van der Waals surface area contributed by atoms with Crippen LogP contribution in [0.1, 0.15) is 5.56 Å². The van der Waals surface area contributed by atoms with Gasteiger partial charge in [0, 0.05) is 24.4 Å². The summed E-state index contributed by atoms with van der Waals surface area (Å²) in [6.07, 6.45) is 3.74. The zero-order valence-corrected chi connectivity index (χ0v) is 13.7. The van der Waals surface area contributed by atoms with E-state index in [4.69, 9.17) is 5.11 Å². The SMILES string of the molecule is O=C(O)N[C@@H](Cc1ccccc1)C(=O)Nc1cncc(-c2ccn[nH]2)c1. The molecule has 0 saturated heterocycles. The van der Waals surface area contributed by atoms with Crippen LogP contribution in [0.4, 0.5) is 10.5 Å². The van der Waals surface area contributed by atoms with Gasteiger partial charge in [-0.2, -0.15) is 5.10 Å². The first-order valence-electron chi connectivity index (χ1n) is 7.91. The van der Waals surface area contributed by atoms with E-state index in [9.17, 15) is 9.59 Å². The molecule has 3 aromatic rings. The van der Waals surface area contributed by atoms with Crippen molar-refractivity contribution in [2.75, 3.05) is 5.32 Å². The van der Waals surface area contributed by atoms with Crippen LogP contribution in [0.3, 0.4) is 0 Å². The van der Waals surface area contributed by atoms with E-state index in [1.165, 1.54) is 6.20 Å². The minimum atomic E-state index is -1.26. The van der Waals surface area contributed by atoms with Gasteiger partial charge in [0.2, 0.25) is 5.91 Å². The predicted molar refractivity (Wildman–Crippen MR) is 95.5 cm³/mol. The molecular formula is C18H17N5O3. The number of carbonyl (C=O) groups excluding carboxylic acids is 1. The lowest BCUT2D eigenvalue weighted by molar-refractivity contribution is -0.118. The van der Waals surface area contributed by atoms with Crippen molar-refractivity contribution in [3.05, 3.63) is 66.6 Å². The molecule has 0 aliphatic carbocycles. The second kappa shape index (κ2) is 7.93. The molecule has 3 rings (SSSR count). The number of anilines is 1. The van der Waals surface area contributed by atoms with Crippen LogP contribution < -0.4 is 10.6 Å². The van der Waals surface area contributed by atoms with Crippen molar-refractivity contribution in [2.45, 2.75) is 12.5 Å². The maximum Gasteiger partial charge on any atom is 0.405 e. The number of pyridine rings is 1. The van der Waals surface area contributed by atoms with E-state index in [0.717, 1.165) is 16.8 Å². The molecule has 0 radical (unpaired) electrons. The maximum atomic E-state index is 12.6. The molecule has 4 N–H and O–H groups in total. The Hall–Kier alpha value is -3.68. The lowest BCUT2D eigenvalue weighted by Crippen LogP contribution is -2.44. The predicted octanol–water partition coefficient (Wildman–Crippen LogP) is 2.29. The number of carbonyl (C=O) groups is 2. The number of H-pyrrole nitrogens is 1. The summed E-state index contributed by atoms with van der Waals surface area (Å²) in [5.41, 5.74) is 2.84. The Morgan fingerprint density at radius 2 is 1.96 bits per heavy atom. The summed E-state index contributed by atoms with van der Waals surface area (Å²) in [7, 11) is 0. The smallest absolute Gasteiger partial charge is 0.405 e. The molecule has 1 atom stereocenters. The fourth-order valence-corrected chi connectivity index (χ4v) is 2.51. The summed E-state index contributed by atoms with van der Waals surface area (Å²) in [5, 5.41) is 20.7. The number of hydrogen-bond acceptors (Lipinski definition) is 4. The highest BCUT2D eigenvalue weighted by atomic mass is 16.4. The molecule has 0 saturated carbocycles. The molecule has 2 aromatic heterocycles. The molecule has 1 aromatic carbocycles. The molecular weight excluding hydrogens is 334 g/mol. The van der Waals surface area contributed by atoms with Crippen LogP contribution in [0.2, 0.25) is 0 Å². The van der Waals surface area contributed by atoms with Crippen LogP contribution in [0.5, 0.6) is 0 Å². The Morgan fingerprint density at radius 3 is 2.65 bits per heavy atom. The third kappa shape index (κ3) is 4.44. The van der Waals surface area contributed by atoms with Crippen molar-refractivity contribution in [1.82, 2.24) is 20.5 Å². The molecule has 0 bridgehead atoms. The molecule has 0 unspecified atom stereocenters. The molecule has 0 aliphatic heterocycles. The van der Waals surface area contributed by atoms with Crippen LogP contribution in [0.25, 0.3) is 11.3 Å². The second-order valence-corrected chi connectivity index (χ2v) is 5.61. The van der Waals surface area contributed by atoms with Crippen LogP contribution in [-0.4, -0.2) is 38.3 Å². The van der Waals surface area contributed by atoms with Crippen LogP contribution in [-0.2, 0) is 11.2 Å². The highest BCUT2D eigenvalue weighted by Crippen LogP contribution is 2.19. The van der Waals surface area contributed by atoms with Crippen LogP contribution in [0.15, 0.2) is 61.1 Å². The van der Waals surface area contributed by atoms with Gasteiger partial charge in [-0.15, -0.1) is 0 Å². The highest BCUT2D eigenvalue weighted by Gasteiger charge is 2.21. The second-order valence-electron chi connectivity index (χ2n) is 5.61. The summed E-state index contributed by atoms with van der Waals surface area (Å²) in [4.78, 5) is 27.7. The number of nitrogens with one attached hydrogen (secondary N) is 3. The maximum absolute atomic E-state index is 12.6. The fraction of sp³-hybridized carbons (Fsp3) is 0.111. The minimum absolute atomic E-state index is 0.243. The van der Waals surface area contributed by atoms with Gasteiger partial charge in [0.1, 0.15) is 6.04 Å². The first-order valence-corrected chi connectivity index (χ1v) is 7.91. The summed E-state index contributed by atoms with van der Waals surface area (Å²) < 4.78 is 0. The van der Waals surface area contributed by atoms with Crippen molar-refractivity contribution >= 4 is 17.7 Å². The number of amides is 2. The van der Waals surface area contributed by atoms with Gasteiger partial charge in [-0.05, 0) is 17.7 Å². The zero-order valence-electron chi connectivity index (χ0n) is 13.7. The van der Waals surface area contributed by atoms with Gasteiger partial charge in [-0.1, -0.05) is 30.3 Å². The van der Waals surface area contributed by atoms with Crippen LogP contribution in [0, 0.1) is 0 Å². The molecule has 2 amide bonds. The van der Waals surface area contributed by atoms with Gasteiger partial charge in [-0.25, -0.2) is 4.79 Å². The summed E-state index contributed by atoms with van der Waals surface area (Å²) in [5.74, 6) is -0.459. The molecule has 8 heteroatoms. The van der Waals surface area contributed by atoms with Crippen molar-refractivity contribution < 1.29 is 14.7 Å². The van der Waals surface area contributed by atoms with Gasteiger partial charge in [0.05, 0.1) is 17.6 Å². The Balaban J connectivity index is 1.75. The number of aromatic amines is 1. The van der Waals surface area contributed by atoms with E-state index < -0.39 is 18.0 Å². The number of nitrogens with zero attached hydrogens (tertiary/aromatic N) is 2. The molecule has 26 heavy (non-hydrogen) atoms. The number of carboxylic acid groups (broad SMARTS) is 1. The van der Waals surface area contributed by atoms with Gasteiger partial charge in [-0.3, -0.25) is 14.9 Å². The topological polar surface area (TPSA) is 120 Å². The van der Waals surface area contributed by atoms with E-state index >= 15 is 0 Å². The van der Waals surface area contributed by atoms with Crippen molar-refractivity contribution in [3.63, 3.8) is 0 Å². The number of hydrogen-bond donors (Lipinski definition) is 4. The molecule has 0 aliphatic rings. The number of aromatic nitrogens is 3. The summed E-state index contributed by atoms with van der Waals surface area (Å²) in [6.45, 7) is 0. The first-order chi connectivity index (χ1) is 12.6. The van der Waals surface area contributed by atoms with Crippen molar-refractivity contribution in [2.24, 2.45) is 0 Å². The quantitative estimate of drug-likeness (QED) is 0.543. The van der Waals surface area contributed by atoms with Crippen LogP contribution >= 0.6 is 0 Å².